The fourth-order valence-electron chi connectivity index (χ4n) is 1.79. The van der Waals surface area contributed by atoms with Crippen LogP contribution in [0.5, 0.6) is 0 Å². The highest BCUT2D eigenvalue weighted by Crippen LogP contribution is 2.20. The second-order valence-electron chi connectivity index (χ2n) is 4.51. The van der Waals surface area contributed by atoms with E-state index < -0.39 is 15.8 Å². The van der Waals surface area contributed by atoms with Crippen molar-refractivity contribution in [1.29, 1.82) is 5.41 Å². The molecule has 2 aromatic rings. The minimum absolute atomic E-state index is 0.106. The SMILES string of the molecule is Cc1ccc(F)cc1S(=O)(=O)Nc1ccc(C(=N)N)cc1. The molecule has 7 heteroatoms. The molecule has 0 unspecified atom stereocenters. The largest absolute Gasteiger partial charge is 0.384 e. The van der Waals surface area contributed by atoms with Crippen molar-refractivity contribution < 1.29 is 12.8 Å². The third kappa shape index (κ3) is 3.38. The first-order valence-electron chi connectivity index (χ1n) is 6.03. The maximum atomic E-state index is 13.2. The highest BCUT2D eigenvalue weighted by atomic mass is 32.2. The summed E-state index contributed by atoms with van der Waals surface area (Å²) in [6, 6.07) is 9.61. The molecule has 0 aliphatic rings. The van der Waals surface area contributed by atoms with Crippen molar-refractivity contribution in [3.05, 3.63) is 59.4 Å². The van der Waals surface area contributed by atoms with Gasteiger partial charge in [0.25, 0.3) is 10.0 Å². The molecule has 0 aliphatic carbocycles. The van der Waals surface area contributed by atoms with Crippen molar-refractivity contribution in [2.24, 2.45) is 5.73 Å². The zero-order valence-corrected chi connectivity index (χ0v) is 12.0. The monoisotopic (exact) mass is 307 g/mol. The van der Waals surface area contributed by atoms with Crippen molar-refractivity contribution in [1.82, 2.24) is 0 Å². The minimum atomic E-state index is -3.87. The molecule has 0 spiro atoms. The predicted octanol–water partition coefficient (Wildman–Crippen LogP) is 2.22. The number of anilines is 1. The Morgan fingerprint density at radius 3 is 2.38 bits per heavy atom. The highest BCUT2D eigenvalue weighted by molar-refractivity contribution is 7.92. The molecule has 0 saturated carbocycles. The Morgan fingerprint density at radius 1 is 1.19 bits per heavy atom. The van der Waals surface area contributed by atoms with Crippen LogP contribution in [0.3, 0.4) is 0 Å². The van der Waals surface area contributed by atoms with Gasteiger partial charge in [-0.2, -0.15) is 0 Å². The van der Waals surface area contributed by atoms with Crippen molar-refractivity contribution in [2.75, 3.05) is 4.72 Å². The number of amidine groups is 1. The first-order chi connectivity index (χ1) is 9.79. The summed E-state index contributed by atoms with van der Waals surface area (Å²) in [5, 5.41) is 7.27. The number of sulfonamides is 1. The van der Waals surface area contributed by atoms with Crippen molar-refractivity contribution in [3.63, 3.8) is 0 Å². The van der Waals surface area contributed by atoms with Crippen LogP contribution in [-0.2, 0) is 10.0 Å². The quantitative estimate of drug-likeness (QED) is 0.597. The molecule has 0 fully saturated rings. The Morgan fingerprint density at radius 2 is 1.81 bits per heavy atom. The van der Waals surface area contributed by atoms with Crippen LogP contribution in [0, 0.1) is 18.2 Å². The molecule has 0 heterocycles. The number of hydrogen-bond acceptors (Lipinski definition) is 3. The number of aryl methyl sites for hydroxylation is 1. The van der Waals surface area contributed by atoms with E-state index in [1.165, 1.54) is 36.4 Å². The number of nitrogen functional groups attached to an aromatic ring is 1. The lowest BCUT2D eigenvalue weighted by Gasteiger charge is -2.11. The average Bonchev–Trinajstić information content (AvgIpc) is 2.41. The van der Waals surface area contributed by atoms with E-state index in [-0.39, 0.29) is 10.7 Å². The van der Waals surface area contributed by atoms with Crippen LogP contribution in [-0.4, -0.2) is 14.3 Å². The van der Waals surface area contributed by atoms with Crippen LogP contribution in [0.25, 0.3) is 0 Å². The molecular weight excluding hydrogens is 293 g/mol. The van der Waals surface area contributed by atoms with E-state index in [4.69, 9.17) is 11.1 Å². The number of benzene rings is 2. The van der Waals surface area contributed by atoms with Gasteiger partial charge in [0.05, 0.1) is 4.90 Å². The number of nitrogens with one attached hydrogen (secondary N) is 2. The van der Waals surface area contributed by atoms with Crippen molar-refractivity contribution in [2.45, 2.75) is 11.8 Å². The molecule has 2 rings (SSSR count). The highest BCUT2D eigenvalue weighted by Gasteiger charge is 2.17. The smallest absolute Gasteiger partial charge is 0.262 e. The van der Waals surface area contributed by atoms with Crippen LogP contribution in [0.15, 0.2) is 47.4 Å². The molecule has 0 saturated heterocycles. The van der Waals surface area contributed by atoms with Gasteiger partial charge in [-0.1, -0.05) is 6.07 Å². The topological polar surface area (TPSA) is 96.0 Å². The molecule has 0 aliphatic heterocycles. The Labute approximate surface area is 122 Å². The summed E-state index contributed by atoms with van der Waals surface area (Å²) in [6.07, 6.45) is 0. The summed E-state index contributed by atoms with van der Waals surface area (Å²) in [7, 11) is -3.87. The van der Waals surface area contributed by atoms with Gasteiger partial charge in [0.1, 0.15) is 11.7 Å². The van der Waals surface area contributed by atoms with Gasteiger partial charge in [-0.3, -0.25) is 10.1 Å². The first kappa shape index (κ1) is 15.0. The number of nitrogens with two attached hydrogens (primary N) is 1. The number of hydrogen-bond donors (Lipinski definition) is 3. The standard InChI is InChI=1S/C14H14FN3O2S/c1-9-2-5-11(15)8-13(9)21(19,20)18-12-6-3-10(4-7-12)14(16)17/h2-8,18H,1H3,(H3,16,17). The maximum Gasteiger partial charge on any atom is 0.262 e. The summed E-state index contributed by atoms with van der Waals surface area (Å²) >= 11 is 0. The third-order valence-electron chi connectivity index (χ3n) is 2.89. The molecule has 2 aromatic carbocycles. The van der Waals surface area contributed by atoms with E-state index in [1.807, 2.05) is 0 Å². The first-order valence-corrected chi connectivity index (χ1v) is 7.51. The fourth-order valence-corrected chi connectivity index (χ4v) is 3.11. The molecular formula is C14H14FN3O2S. The molecule has 0 aromatic heterocycles. The lowest BCUT2D eigenvalue weighted by atomic mass is 10.2. The van der Waals surface area contributed by atoms with Gasteiger partial charge in [-0.05, 0) is 48.9 Å². The van der Waals surface area contributed by atoms with Crippen LogP contribution in [0.2, 0.25) is 0 Å². The molecule has 0 amide bonds. The van der Waals surface area contributed by atoms with E-state index in [2.05, 4.69) is 4.72 Å². The molecule has 5 nitrogen and oxygen atoms in total. The summed E-state index contributed by atoms with van der Waals surface area (Å²) in [4.78, 5) is -0.113. The molecule has 0 radical (unpaired) electrons. The lowest BCUT2D eigenvalue weighted by molar-refractivity contribution is 0.594. The lowest BCUT2D eigenvalue weighted by Crippen LogP contribution is -2.15. The van der Waals surface area contributed by atoms with Crippen molar-refractivity contribution >= 4 is 21.5 Å². The molecule has 21 heavy (non-hydrogen) atoms. The summed E-state index contributed by atoms with van der Waals surface area (Å²) in [5.41, 5.74) is 6.56. The van der Waals surface area contributed by atoms with Crippen LogP contribution in [0.1, 0.15) is 11.1 Å². The summed E-state index contributed by atoms with van der Waals surface area (Å²) < 4.78 is 40.1. The zero-order chi connectivity index (χ0) is 15.6. The van der Waals surface area contributed by atoms with Gasteiger partial charge in [0, 0.05) is 11.3 Å². The van der Waals surface area contributed by atoms with E-state index in [0.29, 0.717) is 16.8 Å². The second-order valence-corrected chi connectivity index (χ2v) is 6.16. The molecule has 0 bridgehead atoms. The van der Waals surface area contributed by atoms with Gasteiger partial charge in [0.2, 0.25) is 0 Å². The van der Waals surface area contributed by atoms with Gasteiger partial charge < -0.3 is 5.73 Å². The van der Waals surface area contributed by atoms with Crippen LogP contribution < -0.4 is 10.5 Å². The van der Waals surface area contributed by atoms with Gasteiger partial charge in [-0.25, -0.2) is 12.8 Å². The third-order valence-corrected chi connectivity index (χ3v) is 4.41. The Hall–Kier alpha value is -2.41. The van der Waals surface area contributed by atoms with Crippen LogP contribution in [0.4, 0.5) is 10.1 Å². The van der Waals surface area contributed by atoms with Gasteiger partial charge in [0.15, 0.2) is 0 Å². The van der Waals surface area contributed by atoms with E-state index in [0.717, 1.165) is 6.07 Å². The zero-order valence-electron chi connectivity index (χ0n) is 11.2. The van der Waals surface area contributed by atoms with Gasteiger partial charge >= 0.3 is 0 Å². The van der Waals surface area contributed by atoms with Gasteiger partial charge in [-0.15, -0.1) is 0 Å². The van der Waals surface area contributed by atoms with Crippen molar-refractivity contribution in [3.8, 4) is 0 Å². The Bertz CT molecular complexity index is 786. The Kier molecular flexibility index (Phi) is 3.95. The number of halogens is 1. The van der Waals surface area contributed by atoms with E-state index in [1.54, 1.807) is 6.92 Å². The fraction of sp³-hybridized carbons (Fsp3) is 0.0714. The van der Waals surface area contributed by atoms with E-state index >= 15 is 0 Å². The number of rotatable bonds is 4. The van der Waals surface area contributed by atoms with Crippen LogP contribution >= 0.6 is 0 Å². The molecule has 0 atom stereocenters. The maximum absolute atomic E-state index is 13.2. The molecule has 110 valence electrons. The average molecular weight is 307 g/mol. The summed E-state index contributed by atoms with van der Waals surface area (Å²) in [6.45, 7) is 1.59. The van der Waals surface area contributed by atoms with E-state index in [9.17, 15) is 12.8 Å². The molecule has 4 N–H and O–H groups in total. The Balaban J connectivity index is 2.33. The normalized spacial score (nSPS) is 11.1. The summed E-state index contributed by atoms with van der Waals surface area (Å²) in [5.74, 6) is -0.724. The second kappa shape index (κ2) is 5.53. The minimum Gasteiger partial charge on any atom is -0.384 e. The predicted molar refractivity (Wildman–Crippen MR) is 79.4 cm³/mol.